The number of thiophene rings is 1. The van der Waals surface area contributed by atoms with Gasteiger partial charge in [0.2, 0.25) is 0 Å². The number of ether oxygens (including phenoxy) is 1. The molecule has 0 spiro atoms. The summed E-state index contributed by atoms with van der Waals surface area (Å²) in [6.45, 7) is 0.474. The molecule has 1 aromatic heterocycles. The molecular weight excluding hydrogens is 596 g/mol. The van der Waals surface area contributed by atoms with Crippen molar-refractivity contribution in [3.8, 4) is 22.9 Å². The van der Waals surface area contributed by atoms with Gasteiger partial charge in [-0.15, -0.1) is 11.3 Å². The number of carbonyl (C=O) groups is 2. The van der Waals surface area contributed by atoms with Crippen molar-refractivity contribution in [3.05, 3.63) is 87.3 Å². The number of benzene rings is 3. The summed E-state index contributed by atoms with van der Waals surface area (Å²) in [6.07, 6.45) is 1.54. The molecule has 43 heavy (non-hydrogen) atoms. The van der Waals surface area contributed by atoms with E-state index in [0.29, 0.717) is 43.5 Å². The Kier molecular flexibility index (Phi) is 9.14. The predicted octanol–water partition coefficient (Wildman–Crippen LogP) is 7.85. The molecule has 0 saturated heterocycles. The van der Waals surface area contributed by atoms with Crippen LogP contribution >= 0.6 is 22.9 Å². The van der Waals surface area contributed by atoms with Crippen molar-refractivity contribution in [2.75, 3.05) is 13.7 Å². The highest BCUT2D eigenvalue weighted by Gasteiger charge is 2.33. The first-order valence-electron chi connectivity index (χ1n) is 13.7. The largest absolute Gasteiger partial charge is 0.496 e. The monoisotopic (exact) mass is 623 g/mol. The van der Waals surface area contributed by atoms with Gasteiger partial charge in [0.1, 0.15) is 22.3 Å². The Morgan fingerprint density at radius 2 is 1.74 bits per heavy atom. The molecule has 4 aromatic rings. The highest BCUT2D eigenvalue weighted by molar-refractivity contribution is 7.21. The third kappa shape index (κ3) is 6.43. The van der Waals surface area contributed by atoms with Crippen molar-refractivity contribution in [2.45, 2.75) is 38.3 Å². The van der Waals surface area contributed by atoms with E-state index in [0.717, 1.165) is 40.2 Å². The van der Waals surface area contributed by atoms with Gasteiger partial charge in [-0.1, -0.05) is 29.8 Å². The number of fused-ring (bicyclic) bond motifs is 1. The predicted molar refractivity (Wildman–Crippen MR) is 162 cm³/mol. The van der Waals surface area contributed by atoms with Crippen molar-refractivity contribution in [2.24, 2.45) is 5.92 Å². The summed E-state index contributed by atoms with van der Waals surface area (Å²) >= 11 is 7.37. The maximum atomic E-state index is 14.7. The van der Waals surface area contributed by atoms with Crippen molar-refractivity contribution in [1.82, 2.24) is 10.2 Å². The Balaban J connectivity index is 1.51. The zero-order valence-corrected chi connectivity index (χ0v) is 24.8. The fourth-order valence-corrected chi connectivity index (χ4v) is 7.13. The molecule has 2 N–H and O–H groups in total. The lowest BCUT2D eigenvalue weighted by atomic mass is 9.85. The van der Waals surface area contributed by atoms with Crippen LogP contribution in [0.15, 0.2) is 54.6 Å². The highest BCUT2D eigenvalue weighted by atomic mass is 35.5. The minimum atomic E-state index is -1.08. The standard InChI is InChI=1S/C32H28ClF2N3O4S/c1-42-26-13-8-21(20-6-2-18(15-36)3-7-20)14-22(26)17-38(23-9-4-19(5-10-23)16-37-32(40)41)31(39)30-28(33)27-24(34)11-12-25(35)29(27)43-30/h2-3,6-8,11-14,19,23,37H,4-5,9-10,16-17H2,1H3,(H,40,41). The number of amides is 2. The number of hydrogen-bond donors (Lipinski definition) is 2. The Morgan fingerprint density at radius 1 is 1.07 bits per heavy atom. The molecule has 2 amide bonds. The summed E-state index contributed by atoms with van der Waals surface area (Å²) in [5.41, 5.74) is 3.00. The fraction of sp³-hybridized carbons (Fsp3) is 0.281. The number of carbonyl (C=O) groups excluding carboxylic acids is 1. The van der Waals surface area contributed by atoms with Crippen LogP contribution in [0.25, 0.3) is 21.2 Å². The van der Waals surface area contributed by atoms with E-state index in [-0.39, 0.29) is 38.5 Å². The van der Waals surface area contributed by atoms with Crippen LogP contribution in [0, 0.1) is 28.9 Å². The number of halogens is 3. The zero-order chi connectivity index (χ0) is 30.7. The average Bonchev–Trinajstić information content (AvgIpc) is 3.38. The molecular formula is C32H28ClF2N3O4S. The molecule has 1 aliphatic carbocycles. The number of nitrogens with zero attached hydrogens (tertiary/aromatic N) is 2. The van der Waals surface area contributed by atoms with E-state index in [4.69, 9.17) is 26.7 Å². The smallest absolute Gasteiger partial charge is 0.404 e. The molecule has 1 heterocycles. The molecule has 1 fully saturated rings. The molecule has 5 rings (SSSR count). The number of hydrogen-bond acceptors (Lipinski definition) is 5. The second-order valence-electron chi connectivity index (χ2n) is 10.5. The van der Waals surface area contributed by atoms with Gasteiger partial charge >= 0.3 is 6.09 Å². The minimum absolute atomic E-state index is 0.0165. The van der Waals surface area contributed by atoms with Gasteiger partial charge in [0.25, 0.3) is 5.91 Å². The molecule has 0 unspecified atom stereocenters. The van der Waals surface area contributed by atoms with E-state index >= 15 is 0 Å². The maximum Gasteiger partial charge on any atom is 0.404 e. The number of carboxylic acid groups (broad SMARTS) is 1. The van der Waals surface area contributed by atoms with Gasteiger partial charge in [-0.25, -0.2) is 13.6 Å². The summed E-state index contributed by atoms with van der Waals surface area (Å²) in [4.78, 5) is 27.0. The molecule has 0 aliphatic heterocycles. The van der Waals surface area contributed by atoms with E-state index in [2.05, 4.69) is 11.4 Å². The average molecular weight is 624 g/mol. The van der Waals surface area contributed by atoms with E-state index in [1.807, 2.05) is 30.3 Å². The van der Waals surface area contributed by atoms with Crippen LogP contribution in [0.1, 0.15) is 46.5 Å². The molecule has 1 saturated carbocycles. The number of nitriles is 1. The number of methoxy groups -OCH3 is 1. The van der Waals surface area contributed by atoms with Gasteiger partial charge < -0.3 is 20.1 Å². The number of rotatable bonds is 8. The molecule has 0 bridgehead atoms. The normalized spacial score (nSPS) is 16.4. The number of nitrogens with one attached hydrogen (secondary N) is 1. The van der Waals surface area contributed by atoms with Crippen LogP contribution in [0.4, 0.5) is 13.6 Å². The third-order valence-corrected chi connectivity index (χ3v) is 9.58. The highest BCUT2D eigenvalue weighted by Crippen LogP contribution is 2.41. The molecule has 3 aromatic carbocycles. The van der Waals surface area contributed by atoms with Gasteiger partial charge in [-0.05, 0) is 79.1 Å². The van der Waals surface area contributed by atoms with E-state index in [1.54, 1.807) is 24.1 Å². The van der Waals surface area contributed by atoms with Crippen molar-refractivity contribution in [3.63, 3.8) is 0 Å². The summed E-state index contributed by atoms with van der Waals surface area (Å²) in [5.74, 6) is -1.10. The SMILES string of the molecule is COc1ccc(-c2ccc(C#N)cc2)cc1CN(C(=O)c1sc2c(F)ccc(F)c2c1Cl)C1CCC(CNC(=O)O)CC1. The quantitative estimate of drug-likeness (QED) is 0.208. The fourth-order valence-electron chi connectivity index (χ4n) is 5.63. The summed E-state index contributed by atoms with van der Waals surface area (Å²) in [6, 6.07) is 16.7. The Bertz CT molecular complexity index is 1710. The summed E-state index contributed by atoms with van der Waals surface area (Å²) < 4.78 is 34.9. The van der Waals surface area contributed by atoms with Crippen molar-refractivity contribution >= 4 is 45.0 Å². The van der Waals surface area contributed by atoms with Gasteiger partial charge in [0.15, 0.2) is 0 Å². The summed E-state index contributed by atoms with van der Waals surface area (Å²) in [7, 11) is 1.54. The summed E-state index contributed by atoms with van der Waals surface area (Å²) in [5, 5.41) is 20.4. The van der Waals surface area contributed by atoms with Crippen LogP contribution in [0.5, 0.6) is 5.75 Å². The third-order valence-electron chi connectivity index (χ3n) is 7.90. The van der Waals surface area contributed by atoms with Crippen LogP contribution in [0.3, 0.4) is 0 Å². The maximum absolute atomic E-state index is 14.7. The van der Waals surface area contributed by atoms with Gasteiger partial charge in [0, 0.05) is 24.7 Å². The first-order chi connectivity index (χ1) is 20.7. The van der Waals surface area contributed by atoms with E-state index < -0.39 is 23.6 Å². The minimum Gasteiger partial charge on any atom is -0.496 e. The first kappa shape index (κ1) is 30.3. The second-order valence-corrected chi connectivity index (χ2v) is 11.9. The molecule has 0 atom stereocenters. The van der Waals surface area contributed by atoms with Crippen LogP contribution in [0.2, 0.25) is 5.02 Å². The molecule has 0 radical (unpaired) electrons. The van der Waals surface area contributed by atoms with Gasteiger partial charge in [-0.2, -0.15) is 5.26 Å². The van der Waals surface area contributed by atoms with E-state index in [9.17, 15) is 18.4 Å². The topological polar surface area (TPSA) is 103 Å². The van der Waals surface area contributed by atoms with Gasteiger partial charge in [0.05, 0.1) is 33.9 Å². The van der Waals surface area contributed by atoms with Crippen molar-refractivity contribution < 1.29 is 28.2 Å². The Morgan fingerprint density at radius 3 is 2.37 bits per heavy atom. The van der Waals surface area contributed by atoms with Gasteiger partial charge in [-0.3, -0.25) is 4.79 Å². The zero-order valence-electron chi connectivity index (χ0n) is 23.2. The lowest BCUT2D eigenvalue weighted by Gasteiger charge is -2.37. The molecule has 222 valence electrons. The second kappa shape index (κ2) is 13.0. The van der Waals surface area contributed by atoms with Crippen molar-refractivity contribution in [1.29, 1.82) is 5.26 Å². The Hall–Kier alpha value is -4.20. The molecule has 7 nitrogen and oxygen atoms in total. The van der Waals surface area contributed by atoms with Crippen LogP contribution in [-0.2, 0) is 6.54 Å². The molecule has 11 heteroatoms. The van der Waals surface area contributed by atoms with Crippen LogP contribution in [-0.4, -0.2) is 41.7 Å². The molecule has 1 aliphatic rings. The lowest BCUT2D eigenvalue weighted by molar-refractivity contribution is 0.0592. The van der Waals surface area contributed by atoms with E-state index in [1.165, 1.54) is 0 Å². The first-order valence-corrected chi connectivity index (χ1v) is 14.9. The van der Waals surface area contributed by atoms with Crippen LogP contribution < -0.4 is 10.1 Å². The Labute approximate surface area is 256 Å². The lowest BCUT2D eigenvalue weighted by Crippen LogP contribution is -2.43.